The van der Waals surface area contributed by atoms with Crippen molar-refractivity contribution in [3.05, 3.63) is 78.4 Å². The minimum absolute atomic E-state index is 0.581. The molecule has 0 aliphatic carbocycles. The van der Waals surface area contributed by atoms with E-state index in [0.29, 0.717) is 5.82 Å². The summed E-state index contributed by atoms with van der Waals surface area (Å²) in [6, 6.07) is 24.4. The Balaban J connectivity index is 1.73. The molecule has 3 aromatic heterocycles. The van der Waals surface area contributed by atoms with Crippen LogP contribution in [-0.2, 0) is 13.5 Å². The van der Waals surface area contributed by atoms with Crippen molar-refractivity contribution < 1.29 is 0 Å². The minimum Gasteiger partial charge on any atom is -0.384 e. The standard InChI is InChI=1S/C26H22N6/c1-3-16-12-14-17(15-13-16)32-24(27)22(25-30-20-10-6-7-11-21(20)31(25)2)23-26(32)29-19-9-5-4-8-18(19)28-23/h4-15H,3,27H2,1-2H3. The highest BCUT2D eigenvalue weighted by atomic mass is 15.1. The molecule has 0 saturated carbocycles. The first-order valence-electron chi connectivity index (χ1n) is 10.7. The van der Waals surface area contributed by atoms with Gasteiger partial charge in [-0.05, 0) is 48.4 Å². The third-order valence-corrected chi connectivity index (χ3v) is 6.11. The van der Waals surface area contributed by atoms with Crippen molar-refractivity contribution >= 4 is 39.0 Å². The molecule has 32 heavy (non-hydrogen) atoms. The van der Waals surface area contributed by atoms with E-state index in [1.54, 1.807) is 0 Å². The number of nitrogens with zero attached hydrogens (tertiary/aromatic N) is 5. The number of imidazole rings is 1. The Morgan fingerprint density at radius 1 is 0.781 bits per heavy atom. The van der Waals surface area contributed by atoms with Gasteiger partial charge in [0.15, 0.2) is 5.65 Å². The molecule has 3 aromatic carbocycles. The van der Waals surface area contributed by atoms with Crippen LogP contribution in [0.15, 0.2) is 72.8 Å². The van der Waals surface area contributed by atoms with Crippen LogP contribution in [-0.4, -0.2) is 24.1 Å². The van der Waals surface area contributed by atoms with Crippen molar-refractivity contribution in [3.63, 3.8) is 0 Å². The third-order valence-electron chi connectivity index (χ3n) is 6.11. The number of nitrogens with two attached hydrogens (primary N) is 1. The van der Waals surface area contributed by atoms with Crippen molar-refractivity contribution in [3.8, 4) is 17.1 Å². The molecule has 3 heterocycles. The van der Waals surface area contributed by atoms with Gasteiger partial charge in [0.2, 0.25) is 0 Å². The average molecular weight is 419 g/mol. The number of anilines is 1. The molecule has 0 unspecified atom stereocenters. The maximum atomic E-state index is 6.83. The van der Waals surface area contributed by atoms with E-state index < -0.39 is 0 Å². The lowest BCUT2D eigenvalue weighted by molar-refractivity contribution is 0.960. The largest absolute Gasteiger partial charge is 0.384 e. The van der Waals surface area contributed by atoms with E-state index in [1.165, 1.54) is 5.56 Å². The number of hydrogen-bond donors (Lipinski definition) is 1. The molecule has 6 aromatic rings. The highest BCUT2D eigenvalue weighted by molar-refractivity contribution is 6.02. The van der Waals surface area contributed by atoms with Crippen LogP contribution in [0.2, 0.25) is 0 Å². The van der Waals surface area contributed by atoms with Crippen molar-refractivity contribution in [2.45, 2.75) is 13.3 Å². The lowest BCUT2D eigenvalue weighted by atomic mass is 10.1. The lowest BCUT2D eigenvalue weighted by Crippen LogP contribution is -2.02. The van der Waals surface area contributed by atoms with Crippen LogP contribution in [0.5, 0.6) is 0 Å². The Kier molecular flexibility index (Phi) is 4.01. The number of aromatic nitrogens is 5. The van der Waals surface area contributed by atoms with Gasteiger partial charge in [0.05, 0.1) is 27.6 Å². The van der Waals surface area contributed by atoms with Gasteiger partial charge in [0.1, 0.15) is 17.2 Å². The molecule has 0 aliphatic rings. The molecule has 6 nitrogen and oxygen atoms in total. The van der Waals surface area contributed by atoms with Gasteiger partial charge in [-0.25, -0.2) is 15.0 Å². The van der Waals surface area contributed by atoms with Crippen LogP contribution >= 0.6 is 0 Å². The summed E-state index contributed by atoms with van der Waals surface area (Å²) in [5, 5.41) is 0. The van der Waals surface area contributed by atoms with Gasteiger partial charge in [-0.1, -0.05) is 43.3 Å². The lowest BCUT2D eigenvalue weighted by Gasteiger charge is -2.09. The summed E-state index contributed by atoms with van der Waals surface area (Å²) in [7, 11) is 2.01. The molecule has 0 bridgehead atoms. The number of rotatable bonds is 3. The van der Waals surface area contributed by atoms with Gasteiger partial charge >= 0.3 is 0 Å². The molecule has 156 valence electrons. The second-order valence-corrected chi connectivity index (χ2v) is 7.98. The number of benzene rings is 3. The quantitative estimate of drug-likeness (QED) is 0.425. The summed E-state index contributed by atoms with van der Waals surface area (Å²) in [5.41, 5.74) is 15.0. The fourth-order valence-electron chi connectivity index (χ4n) is 4.39. The van der Waals surface area contributed by atoms with E-state index in [0.717, 1.165) is 56.7 Å². The third kappa shape index (κ3) is 2.62. The summed E-state index contributed by atoms with van der Waals surface area (Å²) in [6.45, 7) is 2.15. The van der Waals surface area contributed by atoms with E-state index in [2.05, 4.69) is 41.8 Å². The Bertz CT molecular complexity index is 1620. The van der Waals surface area contributed by atoms with Gasteiger partial charge < -0.3 is 10.3 Å². The van der Waals surface area contributed by atoms with Crippen molar-refractivity contribution in [1.82, 2.24) is 24.1 Å². The Hall–Kier alpha value is -4.19. The fraction of sp³-hybridized carbons (Fsp3) is 0.115. The van der Waals surface area contributed by atoms with Gasteiger partial charge in [0, 0.05) is 12.7 Å². The van der Waals surface area contributed by atoms with E-state index in [1.807, 2.05) is 54.1 Å². The molecule has 6 rings (SSSR count). The number of aryl methyl sites for hydroxylation is 2. The zero-order chi connectivity index (χ0) is 21.8. The highest BCUT2D eigenvalue weighted by Gasteiger charge is 2.24. The smallest absolute Gasteiger partial charge is 0.166 e. The second-order valence-electron chi connectivity index (χ2n) is 7.98. The Labute approximate surface area is 185 Å². The second kappa shape index (κ2) is 6.92. The molecule has 0 radical (unpaired) electrons. The van der Waals surface area contributed by atoms with Crippen molar-refractivity contribution in [1.29, 1.82) is 0 Å². The van der Waals surface area contributed by atoms with E-state index in [4.69, 9.17) is 20.7 Å². The van der Waals surface area contributed by atoms with E-state index in [9.17, 15) is 0 Å². The number of fused-ring (bicyclic) bond motifs is 3. The summed E-state index contributed by atoms with van der Waals surface area (Å²) < 4.78 is 4.06. The molecule has 2 N–H and O–H groups in total. The zero-order valence-electron chi connectivity index (χ0n) is 17.9. The summed E-state index contributed by atoms with van der Waals surface area (Å²) in [6.07, 6.45) is 0.984. The molecule has 0 fully saturated rings. The average Bonchev–Trinajstić information content (AvgIpc) is 3.30. The van der Waals surface area contributed by atoms with Crippen LogP contribution in [0.3, 0.4) is 0 Å². The first-order chi connectivity index (χ1) is 15.7. The molecule has 0 spiro atoms. The van der Waals surface area contributed by atoms with Crippen LogP contribution in [0.1, 0.15) is 12.5 Å². The van der Waals surface area contributed by atoms with Crippen molar-refractivity contribution in [2.24, 2.45) is 7.05 Å². The van der Waals surface area contributed by atoms with Gasteiger partial charge in [-0.2, -0.15) is 0 Å². The van der Waals surface area contributed by atoms with Gasteiger partial charge in [-0.3, -0.25) is 4.57 Å². The highest BCUT2D eigenvalue weighted by Crippen LogP contribution is 2.38. The van der Waals surface area contributed by atoms with Crippen LogP contribution in [0.25, 0.3) is 50.3 Å². The molecule has 0 aliphatic heterocycles. The fourth-order valence-corrected chi connectivity index (χ4v) is 4.39. The topological polar surface area (TPSA) is 74.6 Å². The monoisotopic (exact) mass is 418 g/mol. The van der Waals surface area contributed by atoms with Gasteiger partial charge in [-0.15, -0.1) is 0 Å². The predicted octanol–water partition coefficient (Wildman–Crippen LogP) is 5.27. The summed E-state index contributed by atoms with van der Waals surface area (Å²) in [4.78, 5) is 14.9. The normalized spacial score (nSPS) is 11.7. The Morgan fingerprint density at radius 3 is 2.12 bits per heavy atom. The molecule has 6 heteroatoms. The molecule has 0 amide bonds. The first-order valence-corrected chi connectivity index (χ1v) is 10.7. The maximum Gasteiger partial charge on any atom is 0.166 e. The van der Waals surface area contributed by atoms with Crippen LogP contribution < -0.4 is 5.73 Å². The molecule has 0 saturated heterocycles. The SMILES string of the molecule is CCc1ccc(-n2c(N)c(-c3nc4ccccc4n3C)c3nc4ccccc4nc32)cc1. The van der Waals surface area contributed by atoms with Crippen molar-refractivity contribution in [2.75, 3.05) is 5.73 Å². The molecular formula is C26H22N6. The first kappa shape index (κ1) is 18.6. The van der Waals surface area contributed by atoms with Gasteiger partial charge in [0.25, 0.3) is 0 Å². The van der Waals surface area contributed by atoms with E-state index >= 15 is 0 Å². The van der Waals surface area contributed by atoms with E-state index in [-0.39, 0.29) is 0 Å². The maximum absolute atomic E-state index is 6.83. The Morgan fingerprint density at radius 2 is 1.44 bits per heavy atom. The molecule has 0 atom stereocenters. The summed E-state index contributed by atoms with van der Waals surface area (Å²) in [5.74, 6) is 1.36. The number of nitrogen functional groups attached to an aromatic ring is 1. The van der Waals surface area contributed by atoms with Crippen LogP contribution in [0.4, 0.5) is 5.82 Å². The summed E-state index contributed by atoms with van der Waals surface area (Å²) >= 11 is 0. The van der Waals surface area contributed by atoms with Crippen LogP contribution in [0, 0.1) is 0 Å². The minimum atomic E-state index is 0.581. The predicted molar refractivity (Wildman–Crippen MR) is 130 cm³/mol. The zero-order valence-corrected chi connectivity index (χ0v) is 17.9. The number of hydrogen-bond acceptors (Lipinski definition) is 4. The number of para-hydroxylation sites is 4. The molecular weight excluding hydrogens is 396 g/mol.